The molecule has 0 spiro atoms. The van der Waals surface area contributed by atoms with Crippen LogP contribution in [-0.4, -0.2) is 24.7 Å². The van der Waals surface area contributed by atoms with Crippen LogP contribution < -0.4 is 11.5 Å². The fourth-order valence-electron chi connectivity index (χ4n) is 0.625. The highest BCUT2D eigenvalue weighted by atomic mass is 16.1. The zero-order valence-corrected chi connectivity index (χ0v) is 5.69. The molecule has 2 atom stereocenters. The van der Waals surface area contributed by atoms with Gasteiger partial charge in [0, 0.05) is 12.5 Å². The largest absolute Gasteiger partial charge is 0.327 e. The fourth-order valence-corrected chi connectivity index (χ4v) is 0.625. The van der Waals surface area contributed by atoms with Gasteiger partial charge >= 0.3 is 0 Å². The van der Waals surface area contributed by atoms with Gasteiger partial charge in [-0.1, -0.05) is 0 Å². The van der Waals surface area contributed by atoms with Crippen molar-refractivity contribution in [2.75, 3.05) is 0 Å². The van der Waals surface area contributed by atoms with Crippen LogP contribution in [0.2, 0.25) is 0 Å². The van der Waals surface area contributed by atoms with E-state index >= 15 is 0 Å². The third kappa shape index (κ3) is 4.17. The van der Waals surface area contributed by atoms with Gasteiger partial charge in [-0.2, -0.15) is 0 Å². The van der Waals surface area contributed by atoms with Gasteiger partial charge in [-0.05, 0) is 6.42 Å². The average molecular weight is 144 g/mol. The molecule has 0 rings (SSSR count). The van der Waals surface area contributed by atoms with E-state index in [9.17, 15) is 9.59 Å². The van der Waals surface area contributed by atoms with Crippen LogP contribution in [0.1, 0.15) is 12.8 Å². The molecule has 0 aromatic carbocycles. The zero-order valence-electron chi connectivity index (χ0n) is 5.69. The summed E-state index contributed by atoms with van der Waals surface area (Å²) in [4.78, 5) is 19.9. The van der Waals surface area contributed by atoms with Crippen LogP contribution in [-0.2, 0) is 9.59 Å². The lowest BCUT2D eigenvalue weighted by Gasteiger charge is -2.08. The molecule has 0 aliphatic rings. The van der Waals surface area contributed by atoms with Gasteiger partial charge < -0.3 is 21.1 Å². The maximum absolute atomic E-state index is 9.98. The molecule has 0 radical (unpaired) electrons. The molecule has 0 aromatic heterocycles. The normalized spacial score (nSPS) is 15.8. The SMILES string of the molecule is NC(C=O)CC(N)CC=O. The smallest absolute Gasteiger partial charge is 0.136 e. The summed E-state index contributed by atoms with van der Waals surface area (Å²) in [5.74, 6) is 0. The maximum Gasteiger partial charge on any atom is 0.136 e. The number of hydrogen-bond donors (Lipinski definition) is 2. The first-order valence-corrected chi connectivity index (χ1v) is 3.10. The standard InChI is InChI=1S/C6H12N2O2/c7-5(1-2-9)3-6(8)4-10/h2,4-6H,1,3,7-8H2. The Morgan fingerprint density at radius 3 is 2.30 bits per heavy atom. The highest BCUT2D eigenvalue weighted by molar-refractivity contribution is 5.57. The van der Waals surface area contributed by atoms with E-state index in [-0.39, 0.29) is 12.5 Å². The summed E-state index contributed by atoms with van der Waals surface area (Å²) in [5.41, 5.74) is 10.6. The van der Waals surface area contributed by atoms with E-state index < -0.39 is 6.04 Å². The molecular weight excluding hydrogens is 132 g/mol. The summed E-state index contributed by atoms with van der Waals surface area (Å²) < 4.78 is 0. The number of carbonyl (C=O) groups is 2. The van der Waals surface area contributed by atoms with Crippen LogP contribution in [0.25, 0.3) is 0 Å². The summed E-state index contributed by atoms with van der Waals surface area (Å²) in [6.45, 7) is 0. The van der Waals surface area contributed by atoms with Gasteiger partial charge in [0.05, 0.1) is 6.04 Å². The summed E-state index contributed by atoms with van der Waals surface area (Å²) in [6.07, 6.45) is 2.00. The quantitative estimate of drug-likeness (QED) is 0.475. The molecule has 0 saturated heterocycles. The minimum atomic E-state index is -0.532. The van der Waals surface area contributed by atoms with E-state index in [0.29, 0.717) is 12.7 Å². The van der Waals surface area contributed by atoms with Gasteiger partial charge in [-0.3, -0.25) is 0 Å². The minimum Gasteiger partial charge on any atom is -0.327 e. The molecule has 0 heterocycles. The highest BCUT2D eigenvalue weighted by Gasteiger charge is 2.06. The molecule has 58 valence electrons. The van der Waals surface area contributed by atoms with Crippen LogP contribution in [0.15, 0.2) is 0 Å². The Bertz CT molecular complexity index is 116. The zero-order chi connectivity index (χ0) is 7.98. The Kier molecular flexibility index (Phi) is 4.70. The molecule has 2 unspecified atom stereocenters. The van der Waals surface area contributed by atoms with E-state index in [0.717, 1.165) is 6.29 Å². The molecule has 0 saturated carbocycles. The minimum absolute atomic E-state index is 0.265. The molecular formula is C6H12N2O2. The van der Waals surface area contributed by atoms with E-state index in [1.807, 2.05) is 0 Å². The second-order valence-electron chi connectivity index (χ2n) is 2.20. The molecule has 4 N–H and O–H groups in total. The first-order valence-electron chi connectivity index (χ1n) is 3.10. The van der Waals surface area contributed by atoms with Crippen molar-refractivity contribution in [2.45, 2.75) is 24.9 Å². The van der Waals surface area contributed by atoms with Crippen LogP contribution in [0, 0.1) is 0 Å². The third-order valence-corrected chi connectivity index (χ3v) is 1.15. The highest BCUT2D eigenvalue weighted by Crippen LogP contribution is 1.93. The molecule has 0 aromatic rings. The lowest BCUT2D eigenvalue weighted by molar-refractivity contribution is -0.110. The van der Waals surface area contributed by atoms with Crippen molar-refractivity contribution in [3.63, 3.8) is 0 Å². The van der Waals surface area contributed by atoms with Gasteiger partial charge in [0.15, 0.2) is 0 Å². The van der Waals surface area contributed by atoms with Gasteiger partial charge in [-0.25, -0.2) is 0 Å². The van der Waals surface area contributed by atoms with E-state index in [1.165, 1.54) is 0 Å². The lowest BCUT2D eigenvalue weighted by Crippen LogP contribution is -2.32. The summed E-state index contributed by atoms with van der Waals surface area (Å²) in [5, 5.41) is 0. The van der Waals surface area contributed by atoms with Crippen molar-refractivity contribution in [3.8, 4) is 0 Å². The molecule has 4 heteroatoms. The molecule has 0 fully saturated rings. The number of nitrogens with two attached hydrogens (primary N) is 2. The topological polar surface area (TPSA) is 86.2 Å². The van der Waals surface area contributed by atoms with Crippen molar-refractivity contribution in [1.82, 2.24) is 0 Å². The van der Waals surface area contributed by atoms with Crippen molar-refractivity contribution < 1.29 is 9.59 Å². The summed E-state index contributed by atoms with van der Waals surface area (Å²) in [6, 6.07) is -0.812. The predicted molar refractivity (Wildman–Crippen MR) is 37.3 cm³/mol. The monoisotopic (exact) mass is 144 g/mol. The Labute approximate surface area is 59.6 Å². The number of carbonyl (C=O) groups excluding carboxylic acids is 2. The number of rotatable bonds is 5. The van der Waals surface area contributed by atoms with E-state index in [4.69, 9.17) is 11.5 Å². The summed E-state index contributed by atoms with van der Waals surface area (Å²) in [7, 11) is 0. The number of aldehydes is 2. The van der Waals surface area contributed by atoms with Crippen LogP contribution in [0.4, 0.5) is 0 Å². The van der Waals surface area contributed by atoms with Gasteiger partial charge in [-0.15, -0.1) is 0 Å². The van der Waals surface area contributed by atoms with Crippen LogP contribution >= 0.6 is 0 Å². The van der Waals surface area contributed by atoms with Crippen molar-refractivity contribution in [3.05, 3.63) is 0 Å². The van der Waals surface area contributed by atoms with Crippen LogP contribution in [0.3, 0.4) is 0 Å². The van der Waals surface area contributed by atoms with Crippen molar-refractivity contribution in [1.29, 1.82) is 0 Å². The predicted octanol–water partition coefficient (Wildman–Crippen LogP) is -1.18. The molecule has 0 amide bonds. The van der Waals surface area contributed by atoms with Gasteiger partial charge in [0.1, 0.15) is 12.6 Å². The molecule has 4 nitrogen and oxygen atoms in total. The molecule has 10 heavy (non-hydrogen) atoms. The van der Waals surface area contributed by atoms with E-state index in [2.05, 4.69) is 0 Å². The van der Waals surface area contributed by atoms with Gasteiger partial charge in [0.2, 0.25) is 0 Å². The van der Waals surface area contributed by atoms with Crippen molar-refractivity contribution in [2.24, 2.45) is 11.5 Å². The second-order valence-corrected chi connectivity index (χ2v) is 2.20. The Hall–Kier alpha value is -0.740. The Morgan fingerprint density at radius 1 is 1.30 bits per heavy atom. The van der Waals surface area contributed by atoms with Crippen LogP contribution in [0.5, 0.6) is 0 Å². The molecule has 0 bridgehead atoms. The fraction of sp³-hybridized carbons (Fsp3) is 0.667. The maximum atomic E-state index is 9.98. The second kappa shape index (κ2) is 5.08. The molecule has 0 aliphatic heterocycles. The summed E-state index contributed by atoms with van der Waals surface area (Å²) >= 11 is 0. The Balaban J connectivity index is 3.45. The lowest BCUT2D eigenvalue weighted by atomic mass is 10.1. The van der Waals surface area contributed by atoms with E-state index in [1.54, 1.807) is 0 Å². The third-order valence-electron chi connectivity index (χ3n) is 1.15. The average Bonchev–Trinajstić information content (AvgIpc) is 1.88. The van der Waals surface area contributed by atoms with Crippen molar-refractivity contribution >= 4 is 12.6 Å². The first kappa shape index (κ1) is 9.26. The Morgan fingerprint density at radius 2 is 1.90 bits per heavy atom. The first-order chi connectivity index (χ1) is 4.70. The number of hydrogen-bond acceptors (Lipinski definition) is 4. The molecule has 0 aliphatic carbocycles. The van der Waals surface area contributed by atoms with Gasteiger partial charge in [0.25, 0.3) is 0 Å².